The van der Waals surface area contributed by atoms with Crippen LogP contribution in [0.3, 0.4) is 0 Å². The molecule has 0 aromatic heterocycles. The topological polar surface area (TPSA) is 157 Å². The number of benzodiazepines with no additional fused rings is 1. The lowest BCUT2D eigenvalue weighted by atomic mass is 9.83. The van der Waals surface area contributed by atoms with Crippen molar-refractivity contribution in [1.82, 2.24) is 5.32 Å². The van der Waals surface area contributed by atoms with Crippen LogP contribution in [0.2, 0.25) is 0 Å². The summed E-state index contributed by atoms with van der Waals surface area (Å²) in [7, 11) is 0. The number of alkyl halides is 6. The van der Waals surface area contributed by atoms with Gasteiger partial charge in [0.05, 0.1) is 11.4 Å². The number of para-hydroxylation sites is 1. The van der Waals surface area contributed by atoms with Crippen LogP contribution in [0.1, 0.15) is 57.1 Å². The fourth-order valence-corrected chi connectivity index (χ4v) is 4.93. The maximum Gasteiger partial charge on any atom is 0.389 e. The van der Waals surface area contributed by atoms with Crippen molar-refractivity contribution in [1.29, 1.82) is 0 Å². The number of esters is 1. The first-order valence-electron chi connectivity index (χ1n) is 14.5. The van der Waals surface area contributed by atoms with Gasteiger partial charge in [0, 0.05) is 35.8 Å². The second kappa shape index (κ2) is 15.0. The molecule has 3 atom stereocenters. The van der Waals surface area contributed by atoms with Crippen molar-refractivity contribution >= 4 is 35.1 Å². The standard InChI is InChI=1S/C31H35F6N5O5/c1-29(2,39)28(46)47-17-42-22-13-7-6-11-21(22)23(18-9-4-3-5-10-18)40-25(27(42)45)41-26(44)20(12-8-15-30(32,33)34)19(24(38)43)14-16-31(35,36)37/h3-7,9-11,13,19-20,25H,8,12,14-17,39H2,1-2H3,(H2,38,43)(H,41,44). The molecule has 0 saturated heterocycles. The van der Waals surface area contributed by atoms with Crippen molar-refractivity contribution in [2.75, 3.05) is 11.6 Å². The van der Waals surface area contributed by atoms with E-state index < -0.39 is 98.4 Å². The lowest BCUT2D eigenvalue weighted by Gasteiger charge is -2.28. The molecule has 256 valence electrons. The number of hydrogen-bond donors (Lipinski definition) is 3. The van der Waals surface area contributed by atoms with Gasteiger partial charge in [0.1, 0.15) is 5.54 Å². The SMILES string of the molecule is CC(C)(N)C(=O)OCN1C(=O)C(NC(=O)C(CCCC(F)(F)F)C(CCC(F)(F)F)C(N)=O)N=C(c2ccccc2)c2ccccc21. The van der Waals surface area contributed by atoms with Gasteiger partial charge < -0.3 is 21.5 Å². The molecule has 0 aliphatic carbocycles. The van der Waals surface area contributed by atoms with Crippen molar-refractivity contribution in [2.45, 2.75) is 70.0 Å². The minimum Gasteiger partial charge on any atom is -0.442 e. The number of rotatable bonds is 13. The van der Waals surface area contributed by atoms with E-state index in [0.717, 1.165) is 4.90 Å². The van der Waals surface area contributed by atoms with Crippen LogP contribution in [0.15, 0.2) is 59.6 Å². The number of nitrogens with zero attached hydrogens (tertiary/aromatic N) is 2. The van der Waals surface area contributed by atoms with E-state index in [2.05, 4.69) is 10.3 Å². The third-order valence-electron chi connectivity index (χ3n) is 7.29. The monoisotopic (exact) mass is 671 g/mol. The maximum atomic E-state index is 14.0. The minimum absolute atomic E-state index is 0.185. The van der Waals surface area contributed by atoms with Gasteiger partial charge in [0.25, 0.3) is 5.91 Å². The van der Waals surface area contributed by atoms with Crippen molar-refractivity contribution in [3.8, 4) is 0 Å². The molecular formula is C31H35F6N5O5. The van der Waals surface area contributed by atoms with Gasteiger partial charge in [-0.1, -0.05) is 48.5 Å². The normalized spacial score (nSPS) is 16.8. The number of hydrogen-bond acceptors (Lipinski definition) is 7. The Bertz CT molecular complexity index is 1470. The molecule has 1 aliphatic heterocycles. The van der Waals surface area contributed by atoms with Crippen molar-refractivity contribution in [3.05, 3.63) is 65.7 Å². The summed E-state index contributed by atoms with van der Waals surface area (Å²) < 4.78 is 83.5. The first-order chi connectivity index (χ1) is 21.8. The maximum absolute atomic E-state index is 14.0. The number of aliphatic imine (C=N–C) groups is 1. The smallest absolute Gasteiger partial charge is 0.389 e. The molecular weight excluding hydrogens is 636 g/mol. The highest BCUT2D eigenvalue weighted by molar-refractivity contribution is 6.20. The molecule has 5 N–H and O–H groups in total. The zero-order valence-electron chi connectivity index (χ0n) is 25.5. The van der Waals surface area contributed by atoms with E-state index in [9.17, 15) is 45.5 Å². The molecule has 0 fully saturated rings. The third-order valence-corrected chi connectivity index (χ3v) is 7.29. The predicted molar refractivity (Wildman–Crippen MR) is 159 cm³/mol. The second-order valence-electron chi connectivity index (χ2n) is 11.6. The highest BCUT2D eigenvalue weighted by atomic mass is 19.4. The Morgan fingerprint density at radius 2 is 1.51 bits per heavy atom. The Morgan fingerprint density at radius 1 is 0.915 bits per heavy atom. The summed E-state index contributed by atoms with van der Waals surface area (Å²) in [5.41, 5.74) is 11.0. The molecule has 3 rings (SSSR count). The average molecular weight is 672 g/mol. The Kier molecular flexibility index (Phi) is 11.8. The number of anilines is 1. The number of carbonyl (C=O) groups excluding carboxylic acids is 4. The van der Waals surface area contributed by atoms with Gasteiger partial charge in [0.2, 0.25) is 18.0 Å². The Balaban J connectivity index is 2.08. The van der Waals surface area contributed by atoms with Gasteiger partial charge in [-0.25, -0.2) is 4.99 Å². The number of nitrogens with two attached hydrogens (primary N) is 2. The third kappa shape index (κ3) is 10.5. The number of amides is 3. The van der Waals surface area contributed by atoms with E-state index in [-0.39, 0.29) is 11.4 Å². The molecule has 10 nitrogen and oxygen atoms in total. The fourth-order valence-electron chi connectivity index (χ4n) is 4.93. The Hall–Kier alpha value is -4.47. The van der Waals surface area contributed by atoms with E-state index >= 15 is 0 Å². The van der Waals surface area contributed by atoms with Gasteiger partial charge in [0.15, 0.2) is 6.73 Å². The van der Waals surface area contributed by atoms with Crippen LogP contribution in [0, 0.1) is 11.8 Å². The lowest BCUT2D eigenvalue weighted by Crippen LogP contribution is -2.52. The summed E-state index contributed by atoms with van der Waals surface area (Å²) in [5.74, 6) is -7.96. The van der Waals surface area contributed by atoms with Crippen LogP contribution >= 0.6 is 0 Å². The van der Waals surface area contributed by atoms with Crippen molar-refractivity contribution in [2.24, 2.45) is 28.3 Å². The Morgan fingerprint density at radius 3 is 2.09 bits per heavy atom. The van der Waals surface area contributed by atoms with Gasteiger partial charge in [-0.3, -0.25) is 24.1 Å². The quantitative estimate of drug-likeness (QED) is 0.212. The van der Waals surface area contributed by atoms with Crippen molar-refractivity contribution < 1.29 is 50.3 Å². The Labute approximate surface area is 266 Å². The molecule has 0 spiro atoms. The highest BCUT2D eigenvalue weighted by Crippen LogP contribution is 2.33. The van der Waals surface area contributed by atoms with Crippen LogP contribution < -0.4 is 21.7 Å². The van der Waals surface area contributed by atoms with Crippen LogP contribution in [0.5, 0.6) is 0 Å². The number of fused-ring (bicyclic) bond motifs is 1. The minimum atomic E-state index is -4.76. The zero-order valence-corrected chi connectivity index (χ0v) is 25.5. The largest absolute Gasteiger partial charge is 0.442 e. The first-order valence-corrected chi connectivity index (χ1v) is 14.5. The summed E-state index contributed by atoms with van der Waals surface area (Å²) >= 11 is 0. The van der Waals surface area contributed by atoms with Gasteiger partial charge >= 0.3 is 18.3 Å². The number of ether oxygens (including phenoxy) is 1. The number of carbonyl (C=O) groups is 4. The van der Waals surface area contributed by atoms with Gasteiger partial charge in [-0.2, -0.15) is 26.3 Å². The zero-order chi connectivity index (χ0) is 35.2. The molecule has 0 bridgehead atoms. The van der Waals surface area contributed by atoms with E-state index in [1.807, 2.05) is 0 Å². The fraction of sp³-hybridized carbons (Fsp3) is 0.452. The number of primary amides is 1. The number of halogens is 6. The summed E-state index contributed by atoms with van der Waals surface area (Å²) in [4.78, 5) is 58.0. The second-order valence-corrected chi connectivity index (χ2v) is 11.6. The summed E-state index contributed by atoms with van der Waals surface area (Å²) in [6, 6.07) is 14.8. The molecule has 2 aromatic carbocycles. The van der Waals surface area contributed by atoms with E-state index in [0.29, 0.717) is 11.1 Å². The average Bonchev–Trinajstić information content (AvgIpc) is 3.08. The van der Waals surface area contributed by atoms with Crippen LogP contribution in [0.4, 0.5) is 32.0 Å². The van der Waals surface area contributed by atoms with E-state index in [1.165, 1.54) is 19.9 Å². The summed E-state index contributed by atoms with van der Waals surface area (Å²) in [5, 5.41) is 2.32. The van der Waals surface area contributed by atoms with E-state index in [1.54, 1.807) is 48.5 Å². The van der Waals surface area contributed by atoms with Crippen molar-refractivity contribution in [3.63, 3.8) is 0 Å². The molecule has 3 unspecified atom stereocenters. The first kappa shape index (κ1) is 37.0. The van der Waals surface area contributed by atoms with Crippen LogP contribution in [0.25, 0.3) is 0 Å². The lowest BCUT2D eigenvalue weighted by molar-refractivity contribution is -0.149. The number of nitrogens with one attached hydrogen (secondary N) is 1. The molecule has 47 heavy (non-hydrogen) atoms. The summed E-state index contributed by atoms with van der Waals surface area (Å²) in [6.45, 7) is 2.06. The molecule has 16 heteroatoms. The molecule has 2 aromatic rings. The van der Waals surface area contributed by atoms with Gasteiger partial charge in [-0.05, 0) is 39.2 Å². The summed E-state index contributed by atoms with van der Waals surface area (Å²) in [6.07, 6.45) is -16.5. The molecule has 1 aliphatic rings. The molecule has 0 radical (unpaired) electrons. The van der Waals surface area contributed by atoms with Gasteiger partial charge in [-0.15, -0.1) is 0 Å². The van der Waals surface area contributed by atoms with E-state index in [4.69, 9.17) is 16.2 Å². The van der Waals surface area contributed by atoms with Crippen LogP contribution in [-0.4, -0.2) is 60.2 Å². The van der Waals surface area contributed by atoms with Crippen LogP contribution in [-0.2, 0) is 23.9 Å². The molecule has 1 heterocycles. The molecule has 0 saturated carbocycles. The predicted octanol–water partition coefficient (Wildman–Crippen LogP) is 4.34. The highest BCUT2D eigenvalue weighted by Gasteiger charge is 2.40. The molecule has 3 amide bonds. The number of benzene rings is 2.